The summed E-state index contributed by atoms with van der Waals surface area (Å²) in [5.41, 5.74) is 4.19. The van der Waals surface area contributed by atoms with Gasteiger partial charge in [0.25, 0.3) is 5.91 Å². The number of carboxylic acid groups (broad SMARTS) is 1. The normalized spacial score (nSPS) is 9.67. The van der Waals surface area contributed by atoms with E-state index in [9.17, 15) is 14.4 Å². The van der Waals surface area contributed by atoms with Gasteiger partial charge in [0, 0.05) is 11.8 Å². The van der Waals surface area contributed by atoms with Gasteiger partial charge >= 0.3 is 5.97 Å². The summed E-state index contributed by atoms with van der Waals surface area (Å²) in [6.45, 7) is 2.60. The third-order valence-corrected chi connectivity index (χ3v) is 2.77. The first kappa shape index (κ1) is 14.0. The highest BCUT2D eigenvalue weighted by molar-refractivity contribution is 7.14. The number of carboxylic acids is 1. The molecule has 18 heavy (non-hydrogen) atoms. The quantitative estimate of drug-likeness (QED) is 0.684. The molecule has 0 bridgehead atoms. The topological polar surface area (TPSA) is 105 Å². The number of hydrogen-bond donors (Lipinski definition) is 3. The smallest absolute Gasteiger partial charge is 0.349 e. The van der Waals surface area contributed by atoms with Gasteiger partial charge in [-0.15, -0.1) is 11.3 Å². The molecule has 1 rings (SSSR count). The Balaban J connectivity index is 2.55. The van der Waals surface area contributed by atoms with E-state index >= 15 is 0 Å². The molecule has 1 heterocycles. The minimum absolute atomic E-state index is 0.0415. The number of thiophene rings is 1. The fourth-order valence-corrected chi connectivity index (χ4v) is 1.88. The summed E-state index contributed by atoms with van der Waals surface area (Å²) in [6, 6.07) is 1.54. The van der Waals surface area contributed by atoms with Crippen molar-refractivity contribution in [3.63, 3.8) is 0 Å². The number of rotatable bonds is 4. The Kier molecular flexibility index (Phi) is 4.67. The molecule has 0 fully saturated rings. The van der Waals surface area contributed by atoms with Crippen LogP contribution in [-0.4, -0.2) is 29.5 Å². The van der Waals surface area contributed by atoms with Crippen molar-refractivity contribution in [2.75, 3.05) is 6.61 Å². The van der Waals surface area contributed by atoms with Crippen molar-refractivity contribution in [1.29, 1.82) is 0 Å². The van der Waals surface area contributed by atoms with Gasteiger partial charge in [0.05, 0.1) is 0 Å². The number of aryl methyl sites for hydroxylation is 1. The summed E-state index contributed by atoms with van der Waals surface area (Å²) < 4.78 is 5.08. The summed E-state index contributed by atoms with van der Waals surface area (Å²) in [5.74, 6) is -1.96. The van der Waals surface area contributed by atoms with E-state index < -0.39 is 17.8 Å². The highest BCUT2D eigenvalue weighted by atomic mass is 32.1. The van der Waals surface area contributed by atoms with Crippen LogP contribution in [0.15, 0.2) is 6.07 Å². The average Bonchev–Trinajstić information content (AvgIpc) is 2.65. The SMILES string of the molecule is CC(=O)NNC(=O)COc1cc(C)sc1C(=O)O. The van der Waals surface area contributed by atoms with Gasteiger partial charge in [0.1, 0.15) is 5.75 Å². The number of carbonyl (C=O) groups is 3. The number of hydrogen-bond acceptors (Lipinski definition) is 5. The molecular weight excluding hydrogens is 260 g/mol. The predicted octanol–water partition coefficient (Wildman–Crippen LogP) is 0.301. The zero-order valence-electron chi connectivity index (χ0n) is 9.77. The number of carbonyl (C=O) groups excluding carboxylic acids is 2. The number of nitrogens with one attached hydrogen (secondary N) is 2. The molecule has 3 N–H and O–H groups in total. The van der Waals surface area contributed by atoms with Crippen molar-refractivity contribution < 1.29 is 24.2 Å². The van der Waals surface area contributed by atoms with Crippen LogP contribution in [-0.2, 0) is 9.59 Å². The van der Waals surface area contributed by atoms with E-state index in [2.05, 4.69) is 10.9 Å². The lowest BCUT2D eigenvalue weighted by atomic mass is 10.4. The van der Waals surface area contributed by atoms with Crippen LogP contribution >= 0.6 is 11.3 Å². The first-order valence-corrected chi connectivity index (χ1v) is 5.73. The molecule has 2 amide bonds. The van der Waals surface area contributed by atoms with Crippen molar-refractivity contribution in [1.82, 2.24) is 10.9 Å². The lowest BCUT2D eigenvalue weighted by Crippen LogP contribution is -2.42. The molecule has 0 saturated carbocycles. The van der Waals surface area contributed by atoms with Crippen LogP contribution < -0.4 is 15.6 Å². The van der Waals surface area contributed by atoms with Crippen LogP contribution in [0.5, 0.6) is 5.75 Å². The van der Waals surface area contributed by atoms with Crippen LogP contribution in [0.3, 0.4) is 0 Å². The first-order chi connectivity index (χ1) is 8.40. The zero-order valence-corrected chi connectivity index (χ0v) is 10.6. The molecular formula is C10H12N2O5S. The van der Waals surface area contributed by atoms with E-state index in [1.54, 1.807) is 13.0 Å². The van der Waals surface area contributed by atoms with Gasteiger partial charge in [0.2, 0.25) is 5.91 Å². The van der Waals surface area contributed by atoms with E-state index in [1.165, 1.54) is 6.92 Å². The van der Waals surface area contributed by atoms with Crippen molar-refractivity contribution in [3.05, 3.63) is 15.8 Å². The summed E-state index contributed by atoms with van der Waals surface area (Å²) in [6.07, 6.45) is 0. The molecule has 0 radical (unpaired) electrons. The largest absolute Gasteiger partial charge is 0.482 e. The maximum Gasteiger partial charge on any atom is 0.349 e. The Morgan fingerprint density at radius 1 is 1.39 bits per heavy atom. The standard InChI is InChI=1S/C10H12N2O5S/c1-5-3-7(9(18-5)10(15)16)17-4-8(14)12-11-6(2)13/h3H,4H2,1-2H3,(H,11,13)(H,12,14)(H,15,16). The Morgan fingerprint density at radius 2 is 2.06 bits per heavy atom. The Bertz CT molecular complexity index is 483. The van der Waals surface area contributed by atoms with Crippen molar-refractivity contribution in [2.24, 2.45) is 0 Å². The number of ether oxygens (including phenoxy) is 1. The van der Waals surface area contributed by atoms with Crippen molar-refractivity contribution in [3.8, 4) is 5.75 Å². The third-order valence-electron chi connectivity index (χ3n) is 1.75. The van der Waals surface area contributed by atoms with E-state index in [0.717, 1.165) is 16.2 Å². The lowest BCUT2D eigenvalue weighted by molar-refractivity contribution is -0.129. The Hall–Kier alpha value is -2.09. The fourth-order valence-electron chi connectivity index (χ4n) is 1.08. The van der Waals surface area contributed by atoms with Crippen molar-refractivity contribution in [2.45, 2.75) is 13.8 Å². The second kappa shape index (κ2) is 6.01. The molecule has 7 nitrogen and oxygen atoms in total. The van der Waals surface area contributed by atoms with Gasteiger partial charge in [-0.3, -0.25) is 20.4 Å². The van der Waals surface area contributed by atoms with Gasteiger partial charge in [-0.1, -0.05) is 0 Å². The minimum atomic E-state index is -1.11. The van der Waals surface area contributed by atoms with E-state index in [4.69, 9.17) is 9.84 Å². The van der Waals surface area contributed by atoms with Gasteiger partial charge < -0.3 is 9.84 Å². The molecule has 0 aromatic carbocycles. The second-order valence-corrected chi connectivity index (χ2v) is 4.63. The zero-order chi connectivity index (χ0) is 13.7. The van der Waals surface area contributed by atoms with Crippen LogP contribution in [0.1, 0.15) is 21.5 Å². The lowest BCUT2D eigenvalue weighted by Gasteiger charge is -2.06. The van der Waals surface area contributed by atoms with Crippen LogP contribution in [0, 0.1) is 6.92 Å². The van der Waals surface area contributed by atoms with Gasteiger partial charge in [0.15, 0.2) is 11.5 Å². The Labute approximate surface area is 107 Å². The molecule has 98 valence electrons. The second-order valence-electron chi connectivity index (χ2n) is 3.37. The summed E-state index contributed by atoms with van der Waals surface area (Å²) in [7, 11) is 0. The molecule has 0 spiro atoms. The Morgan fingerprint density at radius 3 is 2.61 bits per heavy atom. The molecule has 8 heteroatoms. The molecule has 0 aliphatic rings. The molecule has 1 aromatic rings. The number of hydrazine groups is 1. The highest BCUT2D eigenvalue weighted by Crippen LogP contribution is 2.28. The highest BCUT2D eigenvalue weighted by Gasteiger charge is 2.16. The fraction of sp³-hybridized carbons (Fsp3) is 0.300. The molecule has 0 aliphatic heterocycles. The van der Waals surface area contributed by atoms with Gasteiger partial charge in [-0.05, 0) is 13.0 Å². The van der Waals surface area contributed by atoms with E-state index in [0.29, 0.717) is 0 Å². The molecule has 0 saturated heterocycles. The molecule has 1 aromatic heterocycles. The monoisotopic (exact) mass is 272 g/mol. The van der Waals surface area contributed by atoms with E-state index in [1.807, 2.05) is 0 Å². The maximum absolute atomic E-state index is 11.2. The van der Waals surface area contributed by atoms with Gasteiger partial charge in [-0.25, -0.2) is 4.79 Å². The third kappa shape index (κ3) is 4.06. The summed E-state index contributed by atoms with van der Waals surface area (Å²) >= 11 is 1.07. The van der Waals surface area contributed by atoms with Crippen LogP contribution in [0.2, 0.25) is 0 Å². The number of amides is 2. The summed E-state index contributed by atoms with van der Waals surface area (Å²) in [4.78, 5) is 33.4. The first-order valence-electron chi connectivity index (χ1n) is 4.92. The van der Waals surface area contributed by atoms with Crippen molar-refractivity contribution >= 4 is 29.1 Å². The predicted molar refractivity (Wildman–Crippen MR) is 63.5 cm³/mol. The van der Waals surface area contributed by atoms with E-state index in [-0.39, 0.29) is 17.2 Å². The molecule has 0 aliphatic carbocycles. The maximum atomic E-state index is 11.2. The van der Waals surface area contributed by atoms with Gasteiger partial charge in [-0.2, -0.15) is 0 Å². The van der Waals surface area contributed by atoms with Crippen LogP contribution in [0.4, 0.5) is 0 Å². The number of aromatic carboxylic acids is 1. The minimum Gasteiger partial charge on any atom is -0.482 e. The average molecular weight is 272 g/mol. The van der Waals surface area contributed by atoms with Crippen LogP contribution in [0.25, 0.3) is 0 Å². The molecule has 0 unspecified atom stereocenters. The molecule has 0 atom stereocenters. The summed E-state index contributed by atoms with van der Waals surface area (Å²) in [5, 5.41) is 8.89.